The first-order valence-electron chi connectivity index (χ1n) is 8.00. The van der Waals surface area contributed by atoms with Crippen LogP contribution in [-0.2, 0) is 6.54 Å². The quantitative estimate of drug-likeness (QED) is 0.898. The largest absolute Gasteiger partial charge is 0.370 e. The summed E-state index contributed by atoms with van der Waals surface area (Å²) in [6.45, 7) is 9.23. The van der Waals surface area contributed by atoms with Crippen molar-refractivity contribution in [2.45, 2.75) is 46.2 Å². The van der Waals surface area contributed by atoms with Gasteiger partial charge in [0, 0.05) is 25.2 Å². The van der Waals surface area contributed by atoms with E-state index in [1.165, 1.54) is 12.8 Å². The molecule has 118 valence electrons. The predicted octanol–water partition coefficient (Wildman–Crippen LogP) is 1.72. The van der Waals surface area contributed by atoms with Crippen LogP contribution in [0.1, 0.15) is 33.6 Å². The molecular formula is C16H28N4O. The fourth-order valence-corrected chi connectivity index (χ4v) is 2.98. The van der Waals surface area contributed by atoms with Crippen molar-refractivity contribution >= 4 is 5.69 Å². The molecule has 1 aromatic rings. The van der Waals surface area contributed by atoms with Crippen LogP contribution in [0, 0.1) is 11.8 Å². The van der Waals surface area contributed by atoms with Crippen LogP contribution < -0.4 is 15.8 Å². The minimum atomic E-state index is -0.00775. The van der Waals surface area contributed by atoms with Crippen molar-refractivity contribution in [1.82, 2.24) is 15.1 Å². The molecule has 2 heterocycles. The Morgan fingerprint density at radius 3 is 2.81 bits per heavy atom. The first kappa shape index (κ1) is 16.0. The van der Waals surface area contributed by atoms with Gasteiger partial charge < -0.3 is 10.2 Å². The molecule has 21 heavy (non-hydrogen) atoms. The van der Waals surface area contributed by atoms with E-state index < -0.39 is 0 Å². The summed E-state index contributed by atoms with van der Waals surface area (Å²) in [4.78, 5) is 14.6. The molecule has 1 aliphatic rings. The summed E-state index contributed by atoms with van der Waals surface area (Å²) in [7, 11) is 1.93. The molecule has 0 aliphatic carbocycles. The minimum Gasteiger partial charge on any atom is -0.370 e. The van der Waals surface area contributed by atoms with Crippen molar-refractivity contribution in [2.75, 3.05) is 25.0 Å². The maximum absolute atomic E-state index is 12.3. The molecule has 1 fully saturated rings. The monoisotopic (exact) mass is 292 g/mol. The van der Waals surface area contributed by atoms with E-state index in [9.17, 15) is 4.79 Å². The second kappa shape index (κ2) is 7.07. The second-order valence-electron chi connectivity index (χ2n) is 6.57. The molecule has 0 amide bonds. The van der Waals surface area contributed by atoms with E-state index in [0.717, 1.165) is 18.8 Å². The van der Waals surface area contributed by atoms with Crippen molar-refractivity contribution in [3.05, 3.63) is 22.6 Å². The van der Waals surface area contributed by atoms with Gasteiger partial charge in [-0.1, -0.05) is 20.8 Å². The SMILES string of the molecule is CNC(Cn1ncc(N2CCCC(C)C2)cc1=O)C(C)C. The molecule has 2 rings (SSSR count). The summed E-state index contributed by atoms with van der Waals surface area (Å²) in [5.41, 5.74) is 0.958. The lowest BCUT2D eigenvalue weighted by atomic mass is 10.00. The summed E-state index contributed by atoms with van der Waals surface area (Å²) >= 11 is 0. The van der Waals surface area contributed by atoms with Crippen molar-refractivity contribution in [2.24, 2.45) is 11.8 Å². The Labute approximate surface area is 127 Å². The summed E-state index contributed by atoms with van der Waals surface area (Å²) in [5, 5.41) is 7.62. The number of nitrogens with one attached hydrogen (secondary N) is 1. The molecule has 1 saturated heterocycles. The molecule has 0 saturated carbocycles. The van der Waals surface area contributed by atoms with Gasteiger partial charge in [-0.15, -0.1) is 0 Å². The average Bonchev–Trinajstić information content (AvgIpc) is 2.45. The van der Waals surface area contributed by atoms with Gasteiger partial charge in [0.15, 0.2) is 0 Å². The van der Waals surface area contributed by atoms with E-state index in [2.05, 4.69) is 36.1 Å². The van der Waals surface area contributed by atoms with Crippen molar-refractivity contribution in [3.8, 4) is 0 Å². The molecule has 1 aromatic heterocycles. The van der Waals surface area contributed by atoms with Crippen LogP contribution in [0.4, 0.5) is 5.69 Å². The first-order chi connectivity index (χ1) is 10.0. The van der Waals surface area contributed by atoms with Crippen LogP contribution in [0.5, 0.6) is 0 Å². The van der Waals surface area contributed by atoms with Crippen LogP contribution in [0.3, 0.4) is 0 Å². The highest BCUT2D eigenvalue weighted by atomic mass is 16.1. The molecule has 2 unspecified atom stereocenters. The van der Waals surface area contributed by atoms with Gasteiger partial charge in [-0.3, -0.25) is 4.79 Å². The highest BCUT2D eigenvalue weighted by molar-refractivity contribution is 5.43. The maximum Gasteiger partial charge on any atom is 0.268 e. The van der Waals surface area contributed by atoms with Crippen molar-refractivity contribution < 1.29 is 0 Å². The van der Waals surface area contributed by atoms with Crippen LogP contribution in [0.25, 0.3) is 0 Å². The third-order valence-electron chi connectivity index (χ3n) is 4.42. The van der Waals surface area contributed by atoms with Crippen molar-refractivity contribution in [1.29, 1.82) is 0 Å². The van der Waals surface area contributed by atoms with E-state index in [1.807, 2.05) is 13.2 Å². The van der Waals surface area contributed by atoms with Gasteiger partial charge in [0.05, 0.1) is 18.4 Å². The molecule has 5 heteroatoms. The lowest BCUT2D eigenvalue weighted by molar-refractivity contribution is 0.355. The summed E-state index contributed by atoms with van der Waals surface area (Å²) < 4.78 is 1.57. The number of rotatable bonds is 5. The Morgan fingerprint density at radius 1 is 1.48 bits per heavy atom. The number of anilines is 1. The Balaban J connectivity index is 2.12. The van der Waals surface area contributed by atoms with Gasteiger partial charge in [-0.25, -0.2) is 4.68 Å². The number of piperidine rings is 1. The van der Waals surface area contributed by atoms with Crippen molar-refractivity contribution in [3.63, 3.8) is 0 Å². The zero-order valence-corrected chi connectivity index (χ0v) is 13.7. The molecule has 2 atom stereocenters. The number of likely N-dealkylation sites (N-methyl/N-ethyl adjacent to an activating group) is 1. The summed E-state index contributed by atoms with van der Waals surface area (Å²) in [6.07, 6.45) is 4.31. The highest BCUT2D eigenvalue weighted by Gasteiger charge is 2.18. The van der Waals surface area contributed by atoms with E-state index in [1.54, 1.807) is 10.7 Å². The zero-order chi connectivity index (χ0) is 15.4. The third-order valence-corrected chi connectivity index (χ3v) is 4.42. The average molecular weight is 292 g/mol. The molecule has 0 radical (unpaired) electrons. The second-order valence-corrected chi connectivity index (χ2v) is 6.57. The van der Waals surface area contributed by atoms with E-state index >= 15 is 0 Å². The van der Waals surface area contributed by atoms with E-state index in [4.69, 9.17) is 0 Å². The standard InChI is InChI=1S/C16H28N4O/c1-12(2)15(17-4)11-20-16(21)8-14(9-18-20)19-7-5-6-13(3)10-19/h8-9,12-13,15,17H,5-7,10-11H2,1-4H3. The fourth-order valence-electron chi connectivity index (χ4n) is 2.98. The van der Waals surface area contributed by atoms with Crippen LogP contribution >= 0.6 is 0 Å². The molecule has 0 aromatic carbocycles. The lowest BCUT2D eigenvalue weighted by Gasteiger charge is -2.32. The van der Waals surface area contributed by atoms with Crippen LogP contribution in [0.2, 0.25) is 0 Å². The topological polar surface area (TPSA) is 50.2 Å². The Morgan fingerprint density at radius 2 is 2.24 bits per heavy atom. The summed E-state index contributed by atoms with van der Waals surface area (Å²) in [6, 6.07) is 1.99. The smallest absolute Gasteiger partial charge is 0.268 e. The number of hydrogen-bond acceptors (Lipinski definition) is 4. The van der Waals surface area contributed by atoms with Gasteiger partial charge in [-0.2, -0.15) is 5.10 Å². The fraction of sp³-hybridized carbons (Fsp3) is 0.750. The molecule has 0 spiro atoms. The van der Waals surface area contributed by atoms with Gasteiger partial charge in [-0.05, 0) is 31.7 Å². The maximum atomic E-state index is 12.3. The number of hydrogen-bond donors (Lipinski definition) is 1. The summed E-state index contributed by atoms with van der Waals surface area (Å²) in [5.74, 6) is 1.15. The third kappa shape index (κ3) is 4.06. The van der Waals surface area contributed by atoms with Gasteiger partial charge in [0.1, 0.15) is 0 Å². The number of aromatic nitrogens is 2. The Kier molecular flexibility index (Phi) is 5.39. The highest BCUT2D eigenvalue weighted by Crippen LogP contribution is 2.20. The lowest BCUT2D eigenvalue weighted by Crippen LogP contribution is -2.40. The molecule has 1 N–H and O–H groups in total. The van der Waals surface area contributed by atoms with Crippen LogP contribution in [0.15, 0.2) is 17.1 Å². The van der Waals surface area contributed by atoms with Gasteiger partial charge in [0.25, 0.3) is 5.56 Å². The van der Waals surface area contributed by atoms with Crippen LogP contribution in [-0.4, -0.2) is 36.0 Å². The zero-order valence-electron chi connectivity index (χ0n) is 13.7. The number of nitrogens with zero attached hydrogens (tertiary/aromatic N) is 3. The molecule has 5 nitrogen and oxygen atoms in total. The molecule has 1 aliphatic heterocycles. The normalized spacial score (nSPS) is 20.8. The molecular weight excluding hydrogens is 264 g/mol. The first-order valence-corrected chi connectivity index (χ1v) is 8.00. The van der Waals surface area contributed by atoms with E-state index in [-0.39, 0.29) is 11.6 Å². The Bertz CT molecular complexity index is 511. The minimum absolute atomic E-state index is 0.00775. The molecule has 0 bridgehead atoms. The van der Waals surface area contributed by atoms with Gasteiger partial charge in [0.2, 0.25) is 0 Å². The Hall–Kier alpha value is -1.36. The van der Waals surface area contributed by atoms with Gasteiger partial charge >= 0.3 is 0 Å². The van der Waals surface area contributed by atoms with E-state index in [0.29, 0.717) is 18.4 Å². The predicted molar refractivity (Wildman–Crippen MR) is 86.8 cm³/mol.